The molecule has 3 heteroatoms. The summed E-state index contributed by atoms with van der Waals surface area (Å²) >= 11 is 0. The molecule has 0 bridgehead atoms. The molecule has 1 heterocycles. The third-order valence-corrected chi connectivity index (χ3v) is 4.48. The van der Waals surface area contributed by atoms with Gasteiger partial charge in [0.1, 0.15) is 0 Å². The summed E-state index contributed by atoms with van der Waals surface area (Å²) in [5, 5.41) is 3.70. The Morgan fingerprint density at radius 1 is 1.37 bits per heavy atom. The van der Waals surface area contributed by atoms with Gasteiger partial charge in [-0.25, -0.2) is 0 Å². The highest BCUT2D eigenvalue weighted by Crippen LogP contribution is 2.39. The summed E-state index contributed by atoms with van der Waals surface area (Å²) < 4.78 is 0. The molecule has 1 saturated carbocycles. The first kappa shape index (κ1) is 14.5. The first-order valence-corrected chi connectivity index (χ1v) is 7.37. The van der Waals surface area contributed by atoms with Crippen LogP contribution in [0.15, 0.2) is 24.5 Å². The standard InChI is InChI=1S/C16H27N3/c1-5-18-15-14(6-9-16(15,2)3)19(4)12-13-7-10-17-11-8-13/h7-8,10-11,14-15,18H,5-6,9,12H2,1-4H3. The van der Waals surface area contributed by atoms with E-state index in [2.05, 4.69) is 55.2 Å². The zero-order valence-electron chi connectivity index (χ0n) is 12.7. The fraction of sp³-hybridized carbons (Fsp3) is 0.688. The molecule has 2 atom stereocenters. The van der Waals surface area contributed by atoms with Gasteiger partial charge in [0.05, 0.1) is 0 Å². The van der Waals surface area contributed by atoms with Gasteiger partial charge in [0.15, 0.2) is 0 Å². The number of hydrogen-bond donors (Lipinski definition) is 1. The molecule has 1 aromatic rings. The number of rotatable bonds is 5. The molecule has 0 aromatic carbocycles. The van der Waals surface area contributed by atoms with E-state index < -0.39 is 0 Å². The highest BCUT2D eigenvalue weighted by Gasteiger charge is 2.42. The minimum Gasteiger partial charge on any atom is -0.312 e. The van der Waals surface area contributed by atoms with Crippen molar-refractivity contribution in [2.45, 2.75) is 52.2 Å². The summed E-state index contributed by atoms with van der Waals surface area (Å²) in [5.74, 6) is 0. The molecule has 0 spiro atoms. The molecule has 0 saturated heterocycles. The van der Waals surface area contributed by atoms with Crippen molar-refractivity contribution >= 4 is 0 Å². The van der Waals surface area contributed by atoms with E-state index in [1.54, 1.807) is 0 Å². The van der Waals surface area contributed by atoms with Crippen LogP contribution >= 0.6 is 0 Å². The second-order valence-corrected chi connectivity index (χ2v) is 6.40. The van der Waals surface area contributed by atoms with Gasteiger partial charge in [0, 0.05) is 31.0 Å². The molecule has 2 rings (SSSR count). The Bertz CT molecular complexity index is 388. The second-order valence-electron chi connectivity index (χ2n) is 6.40. The molecule has 1 fully saturated rings. The lowest BCUT2D eigenvalue weighted by molar-refractivity contribution is 0.167. The molecule has 1 N–H and O–H groups in total. The van der Waals surface area contributed by atoms with E-state index in [0.717, 1.165) is 13.1 Å². The maximum absolute atomic E-state index is 4.09. The summed E-state index contributed by atoms with van der Waals surface area (Å²) in [6.45, 7) is 9.04. The van der Waals surface area contributed by atoms with E-state index in [9.17, 15) is 0 Å². The topological polar surface area (TPSA) is 28.2 Å². The molecule has 106 valence electrons. The Balaban J connectivity index is 2.04. The van der Waals surface area contributed by atoms with Crippen LogP contribution in [0.2, 0.25) is 0 Å². The van der Waals surface area contributed by atoms with Crippen LogP contribution in [-0.2, 0) is 6.54 Å². The van der Waals surface area contributed by atoms with Crippen molar-refractivity contribution in [3.05, 3.63) is 30.1 Å². The molecular formula is C16H27N3. The number of aromatic nitrogens is 1. The molecule has 1 aliphatic carbocycles. The maximum atomic E-state index is 4.09. The number of nitrogens with zero attached hydrogens (tertiary/aromatic N) is 2. The van der Waals surface area contributed by atoms with Crippen molar-refractivity contribution in [3.63, 3.8) is 0 Å². The van der Waals surface area contributed by atoms with E-state index in [4.69, 9.17) is 0 Å². The molecule has 0 aliphatic heterocycles. The number of hydrogen-bond acceptors (Lipinski definition) is 3. The molecular weight excluding hydrogens is 234 g/mol. The smallest absolute Gasteiger partial charge is 0.0274 e. The van der Waals surface area contributed by atoms with Gasteiger partial charge in [0.25, 0.3) is 0 Å². The van der Waals surface area contributed by atoms with Gasteiger partial charge in [-0.3, -0.25) is 9.88 Å². The Kier molecular flexibility index (Phi) is 4.58. The van der Waals surface area contributed by atoms with Crippen molar-refractivity contribution in [3.8, 4) is 0 Å². The lowest BCUT2D eigenvalue weighted by atomic mass is 9.86. The van der Waals surface area contributed by atoms with E-state index >= 15 is 0 Å². The van der Waals surface area contributed by atoms with Gasteiger partial charge in [0.2, 0.25) is 0 Å². The molecule has 19 heavy (non-hydrogen) atoms. The van der Waals surface area contributed by atoms with Crippen molar-refractivity contribution in [2.75, 3.05) is 13.6 Å². The summed E-state index contributed by atoms with van der Waals surface area (Å²) in [6, 6.07) is 5.44. The fourth-order valence-corrected chi connectivity index (χ4v) is 3.36. The number of pyridine rings is 1. The van der Waals surface area contributed by atoms with E-state index in [-0.39, 0.29) is 0 Å². The zero-order chi connectivity index (χ0) is 13.9. The van der Waals surface area contributed by atoms with Gasteiger partial charge >= 0.3 is 0 Å². The first-order chi connectivity index (χ1) is 9.04. The first-order valence-electron chi connectivity index (χ1n) is 7.37. The SMILES string of the molecule is CCNC1C(N(C)Cc2ccncc2)CCC1(C)C. The summed E-state index contributed by atoms with van der Waals surface area (Å²) in [5.41, 5.74) is 1.74. The van der Waals surface area contributed by atoms with Gasteiger partial charge in [-0.15, -0.1) is 0 Å². The molecule has 2 unspecified atom stereocenters. The highest BCUT2D eigenvalue weighted by molar-refractivity contribution is 5.10. The van der Waals surface area contributed by atoms with Crippen LogP contribution in [0.3, 0.4) is 0 Å². The third kappa shape index (κ3) is 3.34. The van der Waals surface area contributed by atoms with Crippen LogP contribution in [-0.4, -0.2) is 35.6 Å². The lowest BCUT2D eigenvalue weighted by Gasteiger charge is -2.36. The summed E-state index contributed by atoms with van der Waals surface area (Å²) in [6.07, 6.45) is 6.34. The summed E-state index contributed by atoms with van der Waals surface area (Å²) in [7, 11) is 2.25. The van der Waals surface area contributed by atoms with Crippen molar-refractivity contribution in [2.24, 2.45) is 5.41 Å². The average molecular weight is 261 g/mol. The Morgan fingerprint density at radius 2 is 2.05 bits per heavy atom. The predicted molar refractivity (Wildman–Crippen MR) is 80.0 cm³/mol. The van der Waals surface area contributed by atoms with Crippen LogP contribution in [0, 0.1) is 5.41 Å². The van der Waals surface area contributed by atoms with Crippen LogP contribution < -0.4 is 5.32 Å². The maximum Gasteiger partial charge on any atom is 0.0274 e. The van der Waals surface area contributed by atoms with Gasteiger partial charge < -0.3 is 5.32 Å². The van der Waals surface area contributed by atoms with Gasteiger partial charge in [-0.1, -0.05) is 20.8 Å². The van der Waals surface area contributed by atoms with E-state index in [0.29, 0.717) is 17.5 Å². The minimum atomic E-state index is 0.396. The van der Waals surface area contributed by atoms with E-state index in [1.165, 1.54) is 18.4 Å². The van der Waals surface area contributed by atoms with Gasteiger partial charge in [-0.2, -0.15) is 0 Å². The molecule has 1 aliphatic rings. The molecule has 0 amide bonds. The number of nitrogens with one attached hydrogen (secondary N) is 1. The predicted octanol–water partition coefficient (Wildman–Crippen LogP) is 2.68. The van der Waals surface area contributed by atoms with Crippen LogP contribution in [0.25, 0.3) is 0 Å². The third-order valence-electron chi connectivity index (χ3n) is 4.48. The monoisotopic (exact) mass is 261 g/mol. The Morgan fingerprint density at radius 3 is 2.68 bits per heavy atom. The highest BCUT2D eigenvalue weighted by atomic mass is 15.2. The summed E-state index contributed by atoms with van der Waals surface area (Å²) in [4.78, 5) is 6.58. The van der Waals surface area contributed by atoms with E-state index in [1.807, 2.05) is 12.4 Å². The second kappa shape index (κ2) is 6.02. The van der Waals surface area contributed by atoms with Crippen LogP contribution in [0.1, 0.15) is 39.2 Å². The Hall–Kier alpha value is -0.930. The van der Waals surface area contributed by atoms with Crippen molar-refractivity contribution in [1.82, 2.24) is 15.2 Å². The molecule has 0 radical (unpaired) electrons. The lowest BCUT2D eigenvalue weighted by Crippen LogP contribution is -2.50. The molecule has 1 aromatic heterocycles. The normalized spacial score (nSPS) is 25.9. The number of likely N-dealkylation sites (N-methyl/N-ethyl adjacent to an activating group) is 2. The zero-order valence-corrected chi connectivity index (χ0v) is 12.7. The minimum absolute atomic E-state index is 0.396. The fourth-order valence-electron chi connectivity index (χ4n) is 3.36. The Labute approximate surface area is 117 Å². The van der Waals surface area contributed by atoms with Crippen LogP contribution in [0.5, 0.6) is 0 Å². The van der Waals surface area contributed by atoms with Gasteiger partial charge in [-0.05, 0) is 49.5 Å². The molecule has 3 nitrogen and oxygen atoms in total. The quantitative estimate of drug-likeness (QED) is 0.883. The van der Waals surface area contributed by atoms with Crippen molar-refractivity contribution in [1.29, 1.82) is 0 Å². The largest absolute Gasteiger partial charge is 0.312 e. The van der Waals surface area contributed by atoms with Crippen molar-refractivity contribution < 1.29 is 0 Å². The van der Waals surface area contributed by atoms with Crippen LogP contribution in [0.4, 0.5) is 0 Å². The average Bonchev–Trinajstić information content (AvgIpc) is 2.67.